The molecule has 1 amide bonds. The van der Waals surface area contributed by atoms with Crippen LogP contribution in [-0.2, 0) is 24.3 Å². The molecular weight excluding hydrogens is 388 g/mol. The van der Waals surface area contributed by atoms with E-state index in [2.05, 4.69) is 28.9 Å². The zero-order valence-corrected chi connectivity index (χ0v) is 18.0. The SMILES string of the molecule is Cc1ccc(CC[C@@H]2CCCN2C(=O)c2c(-c3ccccc3)nn3c2COCC3)nc1. The number of pyridine rings is 1. The van der Waals surface area contributed by atoms with Crippen LogP contribution in [0.25, 0.3) is 11.3 Å². The minimum Gasteiger partial charge on any atom is -0.373 e. The molecule has 4 heterocycles. The molecule has 6 heteroatoms. The number of amides is 1. The lowest BCUT2D eigenvalue weighted by atomic mass is 10.0. The Morgan fingerprint density at radius 3 is 2.84 bits per heavy atom. The smallest absolute Gasteiger partial charge is 0.258 e. The maximum absolute atomic E-state index is 13.8. The molecule has 0 radical (unpaired) electrons. The molecule has 0 saturated carbocycles. The van der Waals surface area contributed by atoms with E-state index in [0.29, 0.717) is 25.3 Å². The van der Waals surface area contributed by atoms with E-state index in [1.165, 1.54) is 5.56 Å². The van der Waals surface area contributed by atoms with Gasteiger partial charge >= 0.3 is 0 Å². The number of carbonyl (C=O) groups is 1. The third-order valence-electron chi connectivity index (χ3n) is 6.35. The van der Waals surface area contributed by atoms with Gasteiger partial charge in [0.2, 0.25) is 0 Å². The summed E-state index contributed by atoms with van der Waals surface area (Å²) in [6.45, 7) is 4.60. The maximum Gasteiger partial charge on any atom is 0.258 e. The highest BCUT2D eigenvalue weighted by atomic mass is 16.5. The van der Waals surface area contributed by atoms with E-state index in [4.69, 9.17) is 9.84 Å². The molecule has 160 valence electrons. The van der Waals surface area contributed by atoms with Gasteiger partial charge in [0.1, 0.15) is 5.69 Å². The highest BCUT2D eigenvalue weighted by molar-refractivity contribution is 6.01. The molecule has 2 aliphatic heterocycles. The Labute approximate surface area is 182 Å². The van der Waals surface area contributed by atoms with Crippen molar-refractivity contribution in [1.29, 1.82) is 0 Å². The summed E-state index contributed by atoms with van der Waals surface area (Å²) in [5.41, 5.74) is 5.63. The summed E-state index contributed by atoms with van der Waals surface area (Å²) in [7, 11) is 0. The number of aromatic nitrogens is 3. The summed E-state index contributed by atoms with van der Waals surface area (Å²) in [5.74, 6) is 0.0879. The molecule has 5 rings (SSSR count). The summed E-state index contributed by atoms with van der Waals surface area (Å²) >= 11 is 0. The van der Waals surface area contributed by atoms with E-state index < -0.39 is 0 Å². The number of nitrogens with zero attached hydrogens (tertiary/aromatic N) is 4. The van der Waals surface area contributed by atoms with E-state index in [-0.39, 0.29) is 11.9 Å². The van der Waals surface area contributed by atoms with Gasteiger partial charge in [-0.2, -0.15) is 5.10 Å². The second kappa shape index (κ2) is 8.63. The molecule has 1 saturated heterocycles. The van der Waals surface area contributed by atoms with Crippen LogP contribution in [0.3, 0.4) is 0 Å². The number of benzene rings is 1. The van der Waals surface area contributed by atoms with Crippen LogP contribution in [0.2, 0.25) is 0 Å². The van der Waals surface area contributed by atoms with E-state index in [1.807, 2.05) is 41.2 Å². The second-order valence-corrected chi connectivity index (χ2v) is 8.47. The first kappa shape index (κ1) is 19.9. The normalized spacial score (nSPS) is 18.2. The number of rotatable bonds is 5. The van der Waals surface area contributed by atoms with Crippen LogP contribution in [0.1, 0.15) is 46.6 Å². The van der Waals surface area contributed by atoms with Gasteiger partial charge in [-0.25, -0.2) is 0 Å². The molecular formula is C25H28N4O2. The third-order valence-corrected chi connectivity index (χ3v) is 6.35. The fourth-order valence-electron chi connectivity index (χ4n) is 4.68. The fraction of sp³-hybridized carbons (Fsp3) is 0.400. The van der Waals surface area contributed by atoms with Gasteiger partial charge in [-0.3, -0.25) is 14.5 Å². The van der Waals surface area contributed by atoms with Crippen LogP contribution < -0.4 is 0 Å². The van der Waals surface area contributed by atoms with Crippen molar-refractivity contribution in [1.82, 2.24) is 19.7 Å². The van der Waals surface area contributed by atoms with Crippen molar-refractivity contribution in [3.05, 3.63) is 71.2 Å². The van der Waals surface area contributed by atoms with E-state index in [9.17, 15) is 4.79 Å². The Kier molecular flexibility index (Phi) is 5.55. The Bertz CT molecular complexity index is 1060. The van der Waals surface area contributed by atoms with Gasteiger partial charge in [-0.05, 0) is 44.2 Å². The van der Waals surface area contributed by atoms with Gasteiger partial charge in [0, 0.05) is 30.0 Å². The quantitative estimate of drug-likeness (QED) is 0.630. The minimum atomic E-state index is 0.0879. The predicted octanol–water partition coefficient (Wildman–Crippen LogP) is 4.02. The lowest BCUT2D eigenvalue weighted by Crippen LogP contribution is -2.36. The van der Waals surface area contributed by atoms with Crippen LogP contribution >= 0.6 is 0 Å². The zero-order valence-electron chi connectivity index (χ0n) is 18.0. The molecule has 3 aromatic rings. The van der Waals surface area contributed by atoms with Crippen molar-refractivity contribution in [3.63, 3.8) is 0 Å². The van der Waals surface area contributed by atoms with Gasteiger partial charge in [-0.1, -0.05) is 36.4 Å². The molecule has 6 nitrogen and oxygen atoms in total. The molecule has 1 fully saturated rings. The Hall–Kier alpha value is -2.99. The number of ether oxygens (including phenoxy) is 1. The molecule has 2 aromatic heterocycles. The molecule has 0 aliphatic carbocycles. The number of likely N-dealkylation sites (tertiary alicyclic amines) is 1. The molecule has 0 unspecified atom stereocenters. The van der Waals surface area contributed by atoms with E-state index in [1.54, 1.807) is 0 Å². The number of fused-ring (bicyclic) bond motifs is 1. The first-order valence-electron chi connectivity index (χ1n) is 11.2. The molecule has 31 heavy (non-hydrogen) atoms. The third kappa shape index (κ3) is 4.00. The van der Waals surface area contributed by atoms with Crippen molar-refractivity contribution in [2.24, 2.45) is 0 Å². The summed E-state index contributed by atoms with van der Waals surface area (Å²) in [6, 6.07) is 14.4. The monoisotopic (exact) mass is 416 g/mol. The number of hydrogen-bond donors (Lipinski definition) is 0. The highest BCUT2D eigenvalue weighted by Gasteiger charge is 2.35. The molecule has 2 aliphatic rings. The average Bonchev–Trinajstić information content (AvgIpc) is 3.44. The summed E-state index contributed by atoms with van der Waals surface area (Å²) in [4.78, 5) is 20.4. The molecule has 1 aromatic carbocycles. The standard InChI is InChI=1S/C25H28N4O2/c1-18-9-10-20(26-16-18)11-12-21-8-5-13-28(21)25(30)23-22-17-31-15-14-29(22)27-24(23)19-6-3-2-4-7-19/h2-4,6-7,9-10,16,21H,5,8,11-15,17H2,1H3/t21-/m0/s1. The van der Waals surface area contributed by atoms with Gasteiger partial charge in [0.25, 0.3) is 5.91 Å². The number of hydrogen-bond acceptors (Lipinski definition) is 4. The minimum absolute atomic E-state index is 0.0879. The Morgan fingerprint density at radius 1 is 1.16 bits per heavy atom. The van der Waals surface area contributed by atoms with Crippen LogP contribution in [0.15, 0.2) is 48.7 Å². The summed E-state index contributed by atoms with van der Waals surface area (Å²) in [6.07, 6.45) is 5.81. The highest BCUT2D eigenvalue weighted by Crippen LogP contribution is 2.32. The topological polar surface area (TPSA) is 60.2 Å². The molecule has 0 bridgehead atoms. The lowest BCUT2D eigenvalue weighted by molar-refractivity contribution is 0.0682. The largest absolute Gasteiger partial charge is 0.373 e. The van der Waals surface area contributed by atoms with Gasteiger partial charge in [0.15, 0.2) is 0 Å². The Balaban J connectivity index is 1.42. The van der Waals surface area contributed by atoms with Gasteiger partial charge < -0.3 is 9.64 Å². The fourth-order valence-corrected chi connectivity index (χ4v) is 4.68. The lowest BCUT2D eigenvalue weighted by Gasteiger charge is -2.26. The second-order valence-electron chi connectivity index (χ2n) is 8.47. The van der Waals surface area contributed by atoms with Crippen molar-refractivity contribution in [2.75, 3.05) is 13.2 Å². The van der Waals surface area contributed by atoms with Crippen molar-refractivity contribution < 1.29 is 9.53 Å². The number of aryl methyl sites for hydroxylation is 2. The predicted molar refractivity (Wildman–Crippen MR) is 119 cm³/mol. The van der Waals surface area contributed by atoms with E-state index >= 15 is 0 Å². The molecule has 0 N–H and O–H groups in total. The number of carbonyl (C=O) groups excluding carboxylic acids is 1. The van der Waals surface area contributed by atoms with Crippen molar-refractivity contribution >= 4 is 5.91 Å². The average molecular weight is 417 g/mol. The summed E-state index contributed by atoms with van der Waals surface area (Å²) in [5, 5.41) is 4.82. The van der Waals surface area contributed by atoms with Crippen LogP contribution in [0.5, 0.6) is 0 Å². The van der Waals surface area contributed by atoms with Crippen LogP contribution in [0.4, 0.5) is 0 Å². The maximum atomic E-state index is 13.8. The van der Waals surface area contributed by atoms with Crippen molar-refractivity contribution in [2.45, 2.75) is 51.8 Å². The molecule has 1 atom stereocenters. The van der Waals surface area contributed by atoms with Crippen LogP contribution in [-0.4, -0.2) is 44.8 Å². The first-order chi connectivity index (χ1) is 15.2. The van der Waals surface area contributed by atoms with Crippen molar-refractivity contribution in [3.8, 4) is 11.3 Å². The Morgan fingerprint density at radius 2 is 2.03 bits per heavy atom. The van der Waals surface area contributed by atoms with E-state index in [0.717, 1.165) is 54.9 Å². The van der Waals surface area contributed by atoms with Crippen LogP contribution in [0, 0.1) is 6.92 Å². The zero-order chi connectivity index (χ0) is 21.2. The van der Waals surface area contributed by atoms with Gasteiger partial charge in [-0.15, -0.1) is 0 Å². The first-order valence-corrected chi connectivity index (χ1v) is 11.2. The summed E-state index contributed by atoms with van der Waals surface area (Å²) < 4.78 is 7.66. The molecule has 0 spiro atoms. The van der Waals surface area contributed by atoms with Gasteiger partial charge in [0.05, 0.1) is 31.0 Å².